The lowest BCUT2D eigenvalue weighted by Gasteiger charge is -2.11. The molecule has 0 atom stereocenters. The van der Waals surface area contributed by atoms with Crippen molar-refractivity contribution in [2.45, 2.75) is 22.2 Å². The zero-order valence-electron chi connectivity index (χ0n) is 15.2. The van der Waals surface area contributed by atoms with Crippen molar-refractivity contribution in [2.75, 3.05) is 26.4 Å². The van der Waals surface area contributed by atoms with E-state index in [1.165, 1.54) is 4.90 Å². The number of benzene rings is 2. The van der Waals surface area contributed by atoms with Gasteiger partial charge in [-0.3, -0.25) is 4.57 Å². The maximum absolute atomic E-state index is 4.48. The van der Waals surface area contributed by atoms with Gasteiger partial charge in [0.15, 0.2) is 5.16 Å². The fourth-order valence-electron chi connectivity index (χ4n) is 2.53. The molecule has 4 nitrogen and oxygen atoms in total. The molecule has 0 aliphatic rings. The predicted molar refractivity (Wildman–Crippen MR) is 111 cm³/mol. The van der Waals surface area contributed by atoms with Gasteiger partial charge < -0.3 is 4.90 Å². The Morgan fingerprint density at radius 3 is 2.27 bits per heavy atom. The fourth-order valence-corrected chi connectivity index (χ4v) is 4.26. The Hall–Kier alpha value is -1.76. The number of thioether (sulfide) groups is 2. The molecule has 0 unspecified atom stereocenters. The first-order valence-electron chi connectivity index (χ1n) is 8.69. The van der Waals surface area contributed by atoms with Gasteiger partial charge in [0.05, 0.1) is 5.75 Å². The van der Waals surface area contributed by atoms with Crippen LogP contribution in [-0.2, 0) is 5.75 Å². The zero-order valence-corrected chi connectivity index (χ0v) is 16.8. The number of para-hydroxylation sites is 1. The fraction of sp³-hybridized carbons (Fsp3) is 0.300. The van der Waals surface area contributed by atoms with E-state index in [4.69, 9.17) is 0 Å². The highest BCUT2D eigenvalue weighted by molar-refractivity contribution is 7.99. The summed E-state index contributed by atoms with van der Waals surface area (Å²) in [6, 6.07) is 20.8. The number of hydrogen-bond acceptors (Lipinski definition) is 5. The van der Waals surface area contributed by atoms with Crippen molar-refractivity contribution in [1.82, 2.24) is 19.7 Å². The van der Waals surface area contributed by atoms with Gasteiger partial charge in [0.25, 0.3) is 0 Å². The molecule has 2 aromatic carbocycles. The maximum atomic E-state index is 4.48. The summed E-state index contributed by atoms with van der Waals surface area (Å²) in [5, 5.41) is 9.92. The molecule has 3 rings (SSSR count). The van der Waals surface area contributed by atoms with Gasteiger partial charge in [-0.25, -0.2) is 0 Å². The second kappa shape index (κ2) is 9.80. The van der Waals surface area contributed by atoms with E-state index in [0.29, 0.717) is 0 Å². The highest BCUT2D eigenvalue weighted by Gasteiger charge is 2.14. The second-order valence-corrected chi connectivity index (χ2v) is 8.29. The molecule has 136 valence electrons. The van der Waals surface area contributed by atoms with Crippen LogP contribution < -0.4 is 0 Å². The normalized spacial score (nSPS) is 11.2. The molecule has 0 aliphatic carbocycles. The van der Waals surface area contributed by atoms with Crippen molar-refractivity contribution in [3.63, 3.8) is 0 Å². The van der Waals surface area contributed by atoms with Gasteiger partial charge in [0.2, 0.25) is 0 Å². The van der Waals surface area contributed by atoms with Crippen molar-refractivity contribution in [1.29, 1.82) is 0 Å². The van der Waals surface area contributed by atoms with Crippen LogP contribution in [0.5, 0.6) is 0 Å². The van der Waals surface area contributed by atoms with Crippen LogP contribution in [0.25, 0.3) is 5.69 Å². The van der Waals surface area contributed by atoms with Crippen molar-refractivity contribution >= 4 is 23.5 Å². The van der Waals surface area contributed by atoms with Crippen LogP contribution >= 0.6 is 23.5 Å². The van der Waals surface area contributed by atoms with Gasteiger partial charge >= 0.3 is 0 Å². The smallest absolute Gasteiger partial charge is 0.195 e. The summed E-state index contributed by atoms with van der Waals surface area (Å²) in [7, 11) is 4.21. The molecule has 3 aromatic rings. The molecule has 0 N–H and O–H groups in total. The molecular formula is C20H24N4S2. The Labute approximate surface area is 164 Å². The largest absolute Gasteiger partial charge is 0.309 e. The second-order valence-electron chi connectivity index (χ2n) is 6.18. The molecule has 0 aliphatic heterocycles. The zero-order chi connectivity index (χ0) is 18.2. The first-order valence-corrected chi connectivity index (χ1v) is 10.7. The van der Waals surface area contributed by atoms with Crippen LogP contribution in [0.3, 0.4) is 0 Å². The number of nitrogens with zero attached hydrogens (tertiary/aromatic N) is 4. The maximum Gasteiger partial charge on any atom is 0.195 e. The van der Waals surface area contributed by atoms with Crippen LogP contribution in [0.1, 0.15) is 12.2 Å². The molecule has 0 fully saturated rings. The predicted octanol–water partition coefficient (Wildman–Crippen LogP) is 4.60. The van der Waals surface area contributed by atoms with E-state index < -0.39 is 0 Å². The molecule has 6 heteroatoms. The standard InChI is InChI=1S/C20H24N4S2/c1-23(2)14-9-15-25-20-22-21-19(16-26-18-12-7-4-8-13-18)24(20)17-10-5-3-6-11-17/h3-8,10-13H,9,14-16H2,1-2H3. The summed E-state index contributed by atoms with van der Waals surface area (Å²) in [4.78, 5) is 3.46. The van der Waals surface area contributed by atoms with Crippen molar-refractivity contribution < 1.29 is 0 Å². The summed E-state index contributed by atoms with van der Waals surface area (Å²) in [6.07, 6.45) is 1.13. The molecule has 1 heterocycles. The van der Waals surface area contributed by atoms with Gasteiger partial charge in [-0.05, 0) is 51.3 Å². The molecule has 0 saturated carbocycles. The average molecular weight is 385 g/mol. The Morgan fingerprint density at radius 1 is 0.885 bits per heavy atom. The van der Waals surface area contributed by atoms with E-state index in [-0.39, 0.29) is 0 Å². The van der Waals surface area contributed by atoms with Crippen LogP contribution in [0.4, 0.5) is 0 Å². The summed E-state index contributed by atoms with van der Waals surface area (Å²) in [6.45, 7) is 1.09. The van der Waals surface area contributed by atoms with Crippen LogP contribution in [0.15, 0.2) is 70.7 Å². The minimum Gasteiger partial charge on any atom is -0.309 e. The first kappa shape index (κ1) is 19.0. The summed E-state index contributed by atoms with van der Waals surface area (Å²) in [5.74, 6) is 2.82. The van der Waals surface area contributed by atoms with Gasteiger partial charge in [-0.15, -0.1) is 22.0 Å². The van der Waals surface area contributed by atoms with Gasteiger partial charge in [-0.1, -0.05) is 48.2 Å². The lowest BCUT2D eigenvalue weighted by atomic mass is 10.3. The van der Waals surface area contributed by atoms with E-state index in [1.807, 2.05) is 12.1 Å². The van der Waals surface area contributed by atoms with Crippen molar-refractivity contribution in [2.24, 2.45) is 0 Å². The molecule has 1 aromatic heterocycles. The SMILES string of the molecule is CN(C)CCCSc1nnc(CSc2ccccc2)n1-c1ccccc1. The Balaban J connectivity index is 1.75. The Kier molecular flexibility index (Phi) is 7.17. The van der Waals surface area contributed by atoms with Crippen LogP contribution in [-0.4, -0.2) is 46.1 Å². The highest BCUT2D eigenvalue weighted by Crippen LogP contribution is 2.27. The molecule has 26 heavy (non-hydrogen) atoms. The molecule has 0 bridgehead atoms. The lowest BCUT2D eigenvalue weighted by Crippen LogP contribution is -2.13. The van der Waals surface area contributed by atoms with Crippen LogP contribution in [0.2, 0.25) is 0 Å². The number of hydrogen-bond donors (Lipinski definition) is 0. The molecular weight excluding hydrogens is 360 g/mol. The van der Waals surface area contributed by atoms with E-state index >= 15 is 0 Å². The Morgan fingerprint density at radius 2 is 1.58 bits per heavy atom. The average Bonchev–Trinajstić information content (AvgIpc) is 3.08. The third kappa shape index (κ3) is 5.37. The van der Waals surface area contributed by atoms with E-state index in [1.54, 1.807) is 23.5 Å². The molecule has 0 saturated heterocycles. The lowest BCUT2D eigenvalue weighted by molar-refractivity contribution is 0.410. The summed E-state index contributed by atoms with van der Waals surface area (Å²) < 4.78 is 2.19. The van der Waals surface area contributed by atoms with Crippen molar-refractivity contribution in [3.05, 3.63) is 66.5 Å². The number of aromatic nitrogens is 3. The monoisotopic (exact) mass is 384 g/mol. The molecule has 0 spiro atoms. The minimum absolute atomic E-state index is 0.796. The Bertz CT molecular complexity index is 788. The third-order valence-electron chi connectivity index (χ3n) is 3.81. The highest BCUT2D eigenvalue weighted by atomic mass is 32.2. The topological polar surface area (TPSA) is 34.0 Å². The van der Waals surface area contributed by atoms with Gasteiger partial charge in [0.1, 0.15) is 5.82 Å². The molecule has 0 radical (unpaired) electrons. The van der Waals surface area contributed by atoms with Gasteiger partial charge in [-0.2, -0.15) is 0 Å². The van der Waals surface area contributed by atoms with Crippen molar-refractivity contribution in [3.8, 4) is 5.69 Å². The minimum atomic E-state index is 0.796. The first-order chi connectivity index (χ1) is 12.7. The van der Waals surface area contributed by atoms with Crippen LogP contribution in [0, 0.1) is 0 Å². The van der Waals surface area contributed by atoms with E-state index in [0.717, 1.165) is 41.1 Å². The van der Waals surface area contributed by atoms with Gasteiger partial charge in [0, 0.05) is 16.3 Å². The van der Waals surface area contributed by atoms with E-state index in [9.17, 15) is 0 Å². The summed E-state index contributed by atoms with van der Waals surface area (Å²) in [5.41, 5.74) is 1.12. The molecule has 0 amide bonds. The quantitative estimate of drug-likeness (QED) is 0.398. The summed E-state index contributed by atoms with van der Waals surface area (Å²) >= 11 is 3.57. The third-order valence-corrected chi connectivity index (χ3v) is 5.83. The number of rotatable bonds is 9. The van der Waals surface area contributed by atoms with E-state index in [2.05, 4.69) is 82.3 Å².